The molecule has 11 nitrogen and oxygen atoms in total. The molecular weight excluding hydrogens is 598 g/mol. The Labute approximate surface area is 253 Å². The predicted molar refractivity (Wildman–Crippen MR) is 158 cm³/mol. The summed E-state index contributed by atoms with van der Waals surface area (Å²) >= 11 is 1.69. The van der Waals surface area contributed by atoms with E-state index in [0.29, 0.717) is 11.5 Å². The Morgan fingerprint density at radius 1 is 0.977 bits per heavy atom. The van der Waals surface area contributed by atoms with Crippen molar-refractivity contribution in [1.29, 1.82) is 0 Å². The van der Waals surface area contributed by atoms with E-state index in [1.807, 2.05) is 44.3 Å². The monoisotopic (exact) mass is 631 g/mol. The smallest absolute Gasteiger partial charge is 0.262 e. The van der Waals surface area contributed by atoms with E-state index in [1.165, 1.54) is 23.9 Å². The van der Waals surface area contributed by atoms with Gasteiger partial charge in [-0.15, -0.1) is 0 Å². The molecule has 3 aromatic carbocycles. The zero-order chi connectivity index (χ0) is 31.3. The molecule has 1 aliphatic rings. The Bertz CT molecular complexity index is 1670. The summed E-state index contributed by atoms with van der Waals surface area (Å²) in [5, 5.41) is 40.5. The first-order valence-electron chi connectivity index (χ1n) is 13.2. The lowest BCUT2D eigenvalue weighted by molar-refractivity contribution is -0.642. The number of ether oxygens (including phenoxy) is 3. The van der Waals surface area contributed by atoms with Gasteiger partial charge in [0.1, 0.15) is 46.3 Å². The molecule has 1 saturated heterocycles. The molecule has 4 aromatic rings. The molecule has 13 heteroatoms. The maximum absolute atomic E-state index is 10.4. The lowest BCUT2D eigenvalue weighted by Gasteiger charge is -2.39. The van der Waals surface area contributed by atoms with Gasteiger partial charge >= 0.3 is 0 Å². The molecule has 1 fully saturated rings. The molecule has 2 heterocycles. The van der Waals surface area contributed by atoms with Crippen molar-refractivity contribution >= 4 is 43.8 Å². The van der Waals surface area contributed by atoms with E-state index < -0.39 is 47.4 Å². The van der Waals surface area contributed by atoms with Crippen molar-refractivity contribution in [2.24, 2.45) is 7.05 Å². The number of benzene rings is 3. The number of nitrogens with zero attached hydrogens (tertiary/aromatic N) is 1. The molecule has 230 valence electrons. The van der Waals surface area contributed by atoms with Crippen molar-refractivity contribution < 1.29 is 52.2 Å². The lowest BCUT2D eigenvalue weighted by atomic mass is 9.99. The average Bonchev–Trinajstić information content (AvgIpc) is 3.32. The predicted octanol–water partition coefficient (Wildman–Crippen LogP) is 1.98. The highest BCUT2D eigenvalue weighted by atomic mass is 32.2. The molecule has 0 bridgehead atoms. The summed E-state index contributed by atoms with van der Waals surface area (Å²) in [6, 6.07) is 19.3. The minimum Gasteiger partial charge on any atom is -0.744 e. The van der Waals surface area contributed by atoms with Crippen LogP contribution >= 0.6 is 11.3 Å². The molecule has 1 aromatic heterocycles. The Morgan fingerprint density at radius 2 is 1.67 bits per heavy atom. The van der Waals surface area contributed by atoms with Gasteiger partial charge in [-0.05, 0) is 48.9 Å². The van der Waals surface area contributed by atoms with Gasteiger partial charge in [0.15, 0.2) is 11.5 Å². The fourth-order valence-electron chi connectivity index (χ4n) is 4.31. The van der Waals surface area contributed by atoms with Gasteiger partial charge in [-0.1, -0.05) is 47.2 Å². The van der Waals surface area contributed by atoms with Crippen molar-refractivity contribution in [2.45, 2.75) is 42.5 Å². The molecule has 0 amide bonds. The molecule has 0 saturated carbocycles. The van der Waals surface area contributed by atoms with E-state index in [4.69, 9.17) is 14.2 Å². The highest BCUT2D eigenvalue weighted by molar-refractivity contribution is 7.85. The van der Waals surface area contributed by atoms with Crippen LogP contribution in [-0.4, -0.2) is 77.8 Å². The van der Waals surface area contributed by atoms with Crippen LogP contribution in [0.1, 0.15) is 16.1 Å². The summed E-state index contributed by atoms with van der Waals surface area (Å²) < 4.78 is 51.0. The number of fused-ring (bicyclic) bond motifs is 1. The molecule has 1 aliphatic heterocycles. The van der Waals surface area contributed by atoms with Crippen LogP contribution in [0.4, 0.5) is 0 Å². The third-order valence-corrected chi connectivity index (χ3v) is 8.81. The van der Waals surface area contributed by atoms with Crippen LogP contribution in [0, 0.1) is 6.92 Å². The van der Waals surface area contributed by atoms with E-state index in [1.54, 1.807) is 35.6 Å². The fraction of sp³-hybridized carbons (Fsp3) is 0.300. The molecule has 5 atom stereocenters. The SMILES string of the molecule is COc1cc(C=Cc2sc3ccccc3[n+]2C)ccc1O[C@@H]1O[C@H](CO)[C@H](O)[C@H](O)[C@H]1O.Cc1ccc(S(=O)(=O)[O-])cc1. The van der Waals surface area contributed by atoms with Crippen molar-refractivity contribution in [2.75, 3.05) is 13.7 Å². The summed E-state index contributed by atoms with van der Waals surface area (Å²) in [6.07, 6.45) is -2.79. The quantitative estimate of drug-likeness (QED) is 0.175. The number of methoxy groups -OCH3 is 1. The van der Waals surface area contributed by atoms with E-state index in [9.17, 15) is 33.4 Å². The van der Waals surface area contributed by atoms with Crippen LogP contribution in [0.3, 0.4) is 0 Å². The normalized spacial score (nSPS) is 22.3. The van der Waals surface area contributed by atoms with E-state index in [0.717, 1.165) is 21.7 Å². The second kappa shape index (κ2) is 13.9. The average molecular weight is 632 g/mol. The van der Waals surface area contributed by atoms with Gasteiger partial charge in [-0.2, -0.15) is 4.57 Å². The first kappa shape index (κ1) is 32.5. The van der Waals surface area contributed by atoms with Gasteiger partial charge in [0.25, 0.3) is 5.01 Å². The van der Waals surface area contributed by atoms with Gasteiger partial charge in [0.2, 0.25) is 11.8 Å². The zero-order valence-corrected chi connectivity index (χ0v) is 25.2. The Kier molecular flexibility index (Phi) is 10.5. The molecule has 0 aliphatic carbocycles. The van der Waals surface area contributed by atoms with E-state index in [-0.39, 0.29) is 4.90 Å². The van der Waals surface area contributed by atoms with E-state index >= 15 is 0 Å². The summed E-state index contributed by atoms with van der Waals surface area (Å²) in [6.45, 7) is 1.29. The molecule has 4 N–H and O–H groups in total. The number of aliphatic hydroxyl groups is 4. The standard InChI is InChI=1S/C23H26NO7S.C7H8O3S/c1-24-14-5-3-4-6-18(14)32-19(24)10-8-13-7-9-15(16(11-13)29-2)30-23-22(28)21(27)20(26)17(12-25)31-23;1-6-2-4-7(5-3-6)11(8,9)10/h3-11,17,20-23,25-28H,12H2,1-2H3;2-5H,1H3,(H,8,9,10)/q+1;/p-1/t17-,20+,21+,22-,23-;/m1./s1. The second-order valence-corrected chi connectivity index (χ2v) is 12.2. The Hall–Kier alpha value is -3.40. The number of aromatic nitrogens is 1. The van der Waals surface area contributed by atoms with Crippen LogP contribution in [0.25, 0.3) is 22.4 Å². The summed E-state index contributed by atoms with van der Waals surface area (Å²) in [5.41, 5.74) is 2.97. The lowest BCUT2D eigenvalue weighted by Crippen LogP contribution is -2.60. The van der Waals surface area contributed by atoms with Crippen molar-refractivity contribution in [3.8, 4) is 11.5 Å². The summed E-state index contributed by atoms with van der Waals surface area (Å²) in [7, 11) is -0.750. The topological polar surface area (TPSA) is 170 Å². The number of aryl methyl sites for hydroxylation is 2. The molecule has 0 radical (unpaired) electrons. The summed E-state index contributed by atoms with van der Waals surface area (Å²) in [4.78, 5) is -0.178. The van der Waals surface area contributed by atoms with Crippen LogP contribution < -0.4 is 14.0 Å². The Balaban J connectivity index is 0.000000324. The largest absolute Gasteiger partial charge is 0.744 e. The molecule has 0 spiro atoms. The maximum Gasteiger partial charge on any atom is 0.262 e. The number of thiazole rings is 1. The Morgan fingerprint density at radius 3 is 2.30 bits per heavy atom. The highest BCUT2D eigenvalue weighted by Gasteiger charge is 2.45. The third-order valence-electron chi connectivity index (χ3n) is 6.78. The molecule has 5 rings (SSSR count). The first-order valence-corrected chi connectivity index (χ1v) is 15.4. The van der Waals surface area contributed by atoms with Crippen molar-refractivity contribution in [3.63, 3.8) is 0 Å². The van der Waals surface area contributed by atoms with Gasteiger partial charge < -0.3 is 39.2 Å². The van der Waals surface area contributed by atoms with Crippen LogP contribution in [0.15, 0.2) is 71.6 Å². The fourth-order valence-corrected chi connectivity index (χ4v) is 5.84. The van der Waals surface area contributed by atoms with Crippen molar-refractivity contribution in [3.05, 3.63) is 82.9 Å². The zero-order valence-electron chi connectivity index (χ0n) is 23.6. The van der Waals surface area contributed by atoms with Crippen LogP contribution in [0.5, 0.6) is 11.5 Å². The van der Waals surface area contributed by atoms with Crippen LogP contribution in [-0.2, 0) is 21.9 Å². The second-order valence-electron chi connectivity index (χ2n) is 9.79. The molecule has 43 heavy (non-hydrogen) atoms. The van der Waals surface area contributed by atoms with Gasteiger partial charge in [0, 0.05) is 12.1 Å². The number of rotatable bonds is 7. The number of hydrogen-bond donors (Lipinski definition) is 4. The van der Waals surface area contributed by atoms with Gasteiger partial charge in [-0.25, -0.2) is 8.42 Å². The molecular formula is C30H33NO10S2. The van der Waals surface area contributed by atoms with Gasteiger partial charge in [0.05, 0.1) is 18.6 Å². The number of para-hydroxylation sites is 1. The van der Waals surface area contributed by atoms with Gasteiger partial charge in [-0.3, -0.25) is 0 Å². The summed E-state index contributed by atoms with van der Waals surface area (Å²) in [5.74, 6) is 0.700. The van der Waals surface area contributed by atoms with Crippen molar-refractivity contribution in [1.82, 2.24) is 0 Å². The molecule has 0 unspecified atom stereocenters. The maximum atomic E-state index is 10.4. The minimum absolute atomic E-state index is 0.178. The highest BCUT2D eigenvalue weighted by Crippen LogP contribution is 2.32. The number of hydrogen-bond acceptors (Lipinski definition) is 11. The number of aliphatic hydroxyl groups excluding tert-OH is 4. The van der Waals surface area contributed by atoms with Crippen LogP contribution in [0.2, 0.25) is 0 Å². The minimum atomic E-state index is -4.27. The first-order chi connectivity index (χ1) is 20.4. The third kappa shape index (κ3) is 7.77. The van der Waals surface area contributed by atoms with E-state index in [2.05, 4.69) is 16.7 Å².